The Kier molecular flexibility index (Phi) is 0.978. The van der Waals surface area contributed by atoms with Gasteiger partial charge in [0.25, 0.3) is 0 Å². The van der Waals surface area contributed by atoms with Gasteiger partial charge in [0.2, 0.25) is 0 Å². The van der Waals surface area contributed by atoms with E-state index in [1.807, 2.05) is 0 Å². The Morgan fingerprint density at radius 3 is 2.86 bits per heavy atom. The van der Waals surface area contributed by atoms with Crippen molar-refractivity contribution in [3.8, 4) is 0 Å². The molecule has 0 atom stereocenters. The first-order valence-electron chi connectivity index (χ1n) is 2.01. The van der Waals surface area contributed by atoms with E-state index in [0.717, 1.165) is 4.76 Å². The van der Waals surface area contributed by atoms with Crippen molar-refractivity contribution in [3.05, 3.63) is 17.2 Å². The van der Waals surface area contributed by atoms with Crippen molar-refractivity contribution in [1.82, 2.24) is 0 Å². The van der Waals surface area contributed by atoms with E-state index in [0.29, 0.717) is 6.54 Å². The zero-order valence-corrected chi connectivity index (χ0v) is 3.74. The first kappa shape index (κ1) is 4.18. The molecule has 0 aromatic rings. The van der Waals surface area contributed by atoms with Crippen LogP contribution in [0.5, 0.6) is 0 Å². The van der Waals surface area contributed by atoms with Crippen molar-refractivity contribution in [3.63, 3.8) is 0 Å². The summed E-state index contributed by atoms with van der Waals surface area (Å²) < 4.78 is 0.764. The molecule has 0 bridgehead atoms. The molecule has 0 spiro atoms. The van der Waals surface area contributed by atoms with Crippen LogP contribution in [0, 0.1) is 4.91 Å². The van der Waals surface area contributed by atoms with Gasteiger partial charge >= 0.3 is 6.34 Å². The normalized spacial score (nSPS) is 18.0. The quantitative estimate of drug-likeness (QED) is 0.400. The molecule has 0 N–H and O–H groups in total. The maximum Gasteiger partial charge on any atom is 0.324 e. The highest BCUT2D eigenvalue weighted by Gasteiger charge is 1.98. The highest BCUT2D eigenvalue weighted by molar-refractivity contribution is 5.45. The Morgan fingerprint density at radius 1 is 1.71 bits per heavy atom. The molecule has 1 rings (SSSR count). The summed E-state index contributed by atoms with van der Waals surface area (Å²) in [4.78, 5) is 13.7. The lowest BCUT2D eigenvalue weighted by atomic mass is 10.6. The molecule has 0 radical (unpaired) electrons. The lowest BCUT2D eigenvalue weighted by Gasteiger charge is -1.81. The first-order valence-corrected chi connectivity index (χ1v) is 2.01. The number of nitroso groups, excluding NO2 is 1. The summed E-state index contributed by atoms with van der Waals surface area (Å²) in [7, 11) is 0. The third-order valence-electron chi connectivity index (χ3n) is 0.672. The smallest absolute Gasteiger partial charge is 0.0654 e. The molecule has 36 valence electrons. The van der Waals surface area contributed by atoms with Gasteiger partial charge in [-0.25, -0.2) is 0 Å². The number of nitrogens with zero attached hydrogens (tertiary/aromatic N) is 2. The van der Waals surface area contributed by atoms with Gasteiger partial charge in [0.15, 0.2) is 6.54 Å². The molecule has 1 heterocycles. The topological polar surface area (TPSA) is 32.4 Å². The van der Waals surface area contributed by atoms with Crippen LogP contribution in [-0.2, 0) is 0 Å². The summed E-state index contributed by atoms with van der Waals surface area (Å²) in [6, 6.07) is 0. The molecule has 0 aliphatic carbocycles. The molecular formula is C4H5N2O+. The van der Waals surface area contributed by atoms with E-state index in [1.54, 1.807) is 12.3 Å². The molecule has 0 fully saturated rings. The minimum Gasteiger partial charge on any atom is -0.0654 e. The van der Waals surface area contributed by atoms with Gasteiger partial charge in [-0.2, -0.15) is 0 Å². The fraction of sp³-hybridized carbons (Fsp3) is 0.250. The van der Waals surface area contributed by atoms with Crippen molar-refractivity contribution >= 4 is 6.34 Å². The van der Waals surface area contributed by atoms with Gasteiger partial charge in [-0.1, -0.05) is 9.90 Å². The SMILES string of the molecule is O=[N+]1C=NC=CC1. The van der Waals surface area contributed by atoms with Crippen molar-refractivity contribution in [2.45, 2.75) is 0 Å². The van der Waals surface area contributed by atoms with Gasteiger partial charge < -0.3 is 0 Å². The second kappa shape index (κ2) is 1.64. The average molecular weight is 97.1 g/mol. The van der Waals surface area contributed by atoms with E-state index in [4.69, 9.17) is 0 Å². The zero-order chi connectivity index (χ0) is 5.11. The molecule has 0 amide bonds. The van der Waals surface area contributed by atoms with E-state index >= 15 is 0 Å². The van der Waals surface area contributed by atoms with Crippen LogP contribution in [0.2, 0.25) is 0 Å². The predicted octanol–water partition coefficient (Wildman–Crippen LogP) is 0.321. The van der Waals surface area contributed by atoms with Gasteiger partial charge in [0, 0.05) is 6.08 Å². The summed E-state index contributed by atoms with van der Waals surface area (Å²) >= 11 is 0. The summed E-state index contributed by atoms with van der Waals surface area (Å²) in [6.07, 6.45) is 4.56. The van der Waals surface area contributed by atoms with Crippen LogP contribution in [0.3, 0.4) is 0 Å². The molecule has 0 saturated carbocycles. The molecule has 0 saturated heterocycles. The Balaban J connectivity index is 2.66. The second-order valence-corrected chi connectivity index (χ2v) is 1.25. The van der Waals surface area contributed by atoms with Gasteiger partial charge in [-0.05, 0) is 4.76 Å². The first-order chi connectivity index (χ1) is 3.39. The summed E-state index contributed by atoms with van der Waals surface area (Å²) in [6.45, 7) is 0.434. The molecule has 3 heteroatoms. The average Bonchev–Trinajstić information content (AvgIpc) is 1.69. The standard InChI is InChI=1S/C4H5N2O/c7-6-3-1-2-5-4-6/h1-2,4H,3H2/q+1. The maximum atomic E-state index is 10.2. The molecular weight excluding hydrogens is 92.1 g/mol. The summed E-state index contributed by atoms with van der Waals surface area (Å²) in [5, 5.41) is 0. The number of aliphatic imine (C=N–C) groups is 1. The zero-order valence-electron chi connectivity index (χ0n) is 3.74. The fourth-order valence-electron chi connectivity index (χ4n) is 0.372. The molecule has 1 aliphatic heterocycles. The van der Waals surface area contributed by atoms with E-state index < -0.39 is 0 Å². The van der Waals surface area contributed by atoms with Crippen LogP contribution in [0.25, 0.3) is 0 Å². The number of rotatable bonds is 0. The van der Waals surface area contributed by atoms with Gasteiger partial charge in [-0.3, -0.25) is 0 Å². The van der Waals surface area contributed by atoms with Crippen molar-refractivity contribution in [2.75, 3.05) is 6.54 Å². The van der Waals surface area contributed by atoms with E-state index in [9.17, 15) is 4.91 Å². The van der Waals surface area contributed by atoms with Gasteiger partial charge in [0.1, 0.15) is 6.20 Å². The Hall–Kier alpha value is -0.990. The molecule has 0 unspecified atom stereocenters. The summed E-state index contributed by atoms with van der Waals surface area (Å²) in [5.41, 5.74) is 0. The van der Waals surface area contributed by atoms with Crippen molar-refractivity contribution in [2.24, 2.45) is 4.99 Å². The third-order valence-corrected chi connectivity index (χ3v) is 0.672. The minimum absolute atomic E-state index is 0.434. The van der Waals surface area contributed by atoms with Crippen LogP contribution >= 0.6 is 0 Å². The predicted molar refractivity (Wildman–Crippen MR) is 26.1 cm³/mol. The molecule has 3 nitrogen and oxygen atoms in total. The van der Waals surface area contributed by atoms with Crippen molar-refractivity contribution in [1.29, 1.82) is 0 Å². The monoisotopic (exact) mass is 97.0 g/mol. The van der Waals surface area contributed by atoms with Crippen LogP contribution in [0.4, 0.5) is 0 Å². The van der Waals surface area contributed by atoms with Crippen molar-refractivity contribution < 1.29 is 4.76 Å². The second-order valence-electron chi connectivity index (χ2n) is 1.25. The molecule has 1 aliphatic rings. The fourth-order valence-corrected chi connectivity index (χ4v) is 0.372. The van der Waals surface area contributed by atoms with E-state index in [2.05, 4.69) is 4.99 Å². The lowest BCUT2D eigenvalue weighted by molar-refractivity contribution is -0.410. The van der Waals surface area contributed by atoms with E-state index in [1.165, 1.54) is 6.34 Å². The number of hydrogen-bond acceptors (Lipinski definition) is 2. The van der Waals surface area contributed by atoms with Gasteiger partial charge in [-0.15, -0.1) is 0 Å². The van der Waals surface area contributed by atoms with E-state index in [-0.39, 0.29) is 0 Å². The van der Waals surface area contributed by atoms with Gasteiger partial charge in [0.05, 0.1) is 0 Å². The Morgan fingerprint density at radius 2 is 2.57 bits per heavy atom. The Labute approximate surface area is 40.9 Å². The minimum atomic E-state index is 0.434. The van der Waals surface area contributed by atoms with Crippen LogP contribution < -0.4 is 0 Å². The third kappa shape index (κ3) is 0.924. The molecule has 7 heavy (non-hydrogen) atoms. The van der Waals surface area contributed by atoms with Crippen LogP contribution in [-0.4, -0.2) is 17.6 Å². The lowest BCUT2D eigenvalue weighted by Crippen LogP contribution is -2.06. The van der Waals surface area contributed by atoms with Crippen LogP contribution in [0.1, 0.15) is 0 Å². The number of hydrogen-bond donors (Lipinski definition) is 0. The molecule has 0 aromatic heterocycles. The maximum absolute atomic E-state index is 10.2. The molecule has 0 aromatic carbocycles. The Bertz CT molecular complexity index is 137. The highest BCUT2D eigenvalue weighted by atomic mass is 16.3. The largest absolute Gasteiger partial charge is 0.324 e. The van der Waals surface area contributed by atoms with Crippen LogP contribution in [0.15, 0.2) is 17.3 Å². The summed E-state index contributed by atoms with van der Waals surface area (Å²) in [5.74, 6) is 0. The highest BCUT2D eigenvalue weighted by Crippen LogP contribution is 1.81.